The number of urea groups is 1. The minimum Gasteiger partial charge on any atom is -0.497 e. The van der Waals surface area contributed by atoms with Gasteiger partial charge in [-0.3, -0.25) is 4.90 Å². The molecule has 2 aliphatic rings. The predicted octanol–water partition coefficient (Wildman–Crippen LogP) is 4.91. The molecule has 2 aliphatic heterocycles. The number of methoxy groups -OCH3 is 1. The average molecular weight is 580 g/mol. The third kappa shape index (κ3) is 7.77. The molecular formula is C36H45N5O2. The number of carbonyl (C=O) groups excluding carboxylic acids is 1. The molecule has 0 saturated carbocycles. The number of benzene rings is 3. The maximum Gasteiger partial charge on any atom is 0.321 e. The van der Waals surface area contributed by atoms with E-state index in [1.165, 1.54) is 5.56 Å². The number of fused-ring (bicyclic) bond motifs is 1. The van der Waals surface area contributed by atoms with Gasteiger partial charge in [-0.1, -0.05) is 42.2 Å². The highest BCUT2D eigenvalue weighted by Crippen LogP contribution is 2.43. The van der Waals surface area contributed by atoms with E-state index in [0.29, 0.717) is 24.4 Å². The summed E-state index contributed by atoms with van der Waals surface area (Å²) in [4.78, 5) is 22.9. The zero-order chi connectivity index (χ0) is 30.3. The fraction of sp³-hybridized carbons (Fsp3) is 0.417. The van der Waals surface area contributed by atoms with Gasteiger partial charge in [-0.15, -0.1) is 0 Å². The molecule has 7 heteroatoms. The molecule has 0 aromatic heterocycles. The number of hydrogen-bond acceptors (Lipinski definition) is 5. The Balaban J connectivity index is 1.39. The van der Waals surface area contributed by atoms with Crippen molar-refractivity contribution in [1.29, 1.82) is 0 Å². The Hall–Kier alpha value is -3.83. The van der Waals surface area contributed by atoms with Crippen molar-refractivity contribution in [2.75, 3.05) is 73.3 Å². The van der Waals surface area contributed by atoms with Crippen molar-refractivity contribution < 1.29 is 9.53 Å². The molecule has 0 radical (unpaired) electrons. The van der Waals surface area contributed by atoms with Crippen LogP contribution in [-0.4, -0.2) is 106 Å². The van der Waals surface area contributed by atoms with E-state index in [1.54, 1.807) is 7.11 Å². The second kappa shape index (κ2) is 14.1. The van der Waals surface area contributed by atoms with Crippen molar-refractivity contribution in [3.8, 4) is 17.6 Å². The summed E-state index contributed by atoms with van der Waals surface area (Å²) in [5, 5.41) is 3.14. The number of rotatable bonds is 7. The third-order valence-electron chi connectivity index (χ3n) is 8.59. The van der Waals surface area contributed by atoms with Crippen LogP contribution in [0.4, 0.5) is 10.5 Å². The van der Waals surface area contributed by atoms with E-state index in [1.807, 2.05) is 59.5 Å². The van der Waals surface area contributed by atoms with Crippen LogP contribution in [0, 0.1) is 17.8 Å². The second-order valence-electron chi connectivity index (χ2n) is 12.4. The Labute approximate surface area is 257 Å². The maximum absolute atomic E-state index is 13.7. The first-order valence-corrected chi connectivity index (χ1v) is 15.2. The highest BCUT2D eigenvalue weighted by Gasteiger charge is 2.51. The van der Waals surface area contributed by atoms with Crippen molar-refractivity contribution in [2.24, 2.45) is 5.92 Å². The second-order valence-corrected chi connectivity index (χ2v) is 12.4. The number of ether oxygens (including phenoxy) is 1. The zero-order valence-corrected chi connectivity index (χ0v) is 26.2. The summed E-state index contributed by atoms with van der Waals surface area (Å²) in [6.45, 7) is 4.46. The van der Waals surface area contributed by atoms with E-state index >= 15 is 0 Å². The van der Waals surface area contributed by atoms with Crippen LogP contribution >= 0.6 is 0 Å². The molecule has 2 fully saturated rings. The Bertz CT molecular complexity index is 1400. The fourth-order valence-corrected chi connectivity index (χ4v) is 6.57. The van der Waals surface area contributed by atoms with Gasteiger partial charge in [0.05, 0.1) is 7.11 Å². The molecule has 1 N–H and O–H groups in total. The highest BCUT2D eigenvalue weighted by molar-refractivity contribution is 5.89. The number of carbonyl (C=O) groups is 1. The van der Waals surface area contributed by atoms with Crippen molar-refractivity contribution in [2.45, 2.75) is 24.4 Å². The summed E-state index contributed by atoms with van der Waals surface area (Å²) in [5.41, 5.74) is 4.12. The van der Waals surface area contributed by atoms with E-state index in [4.69, 9.17) is 4.74 Å². The van der Waals surface area contributed by atoms with Crippen LogP contribution in [0.2, 0.25) is 0 Å². The first kappa shape index (κ1) is 30.6. The third-order valence-corrected chi connectivity index (χ3v) is 8.59. The van der Waals surface area contributed by atoms with E-state index in [2.05, 4.69) is 84.3 Å². The molecule has 0 bridgehead atoms. The predicted molar refractivity (Wildman–Crippen MR) is 175 cm³/mol. The smallest absolute Gasteiger partial charge is 0.321 e. The quantitative estimate of drug-likeness (QED) is 0.404. The average Bonchev–Trinajstić information content (AvgIpc) is 2.99. The van der Waals surface area contributed by atoms with Crippen molar-refractivity contribution >= 4 is 11.7 Å². The first-order valence-electron chi connectivity index (χ1n) is 15.2. The zero-order valence-electron chi connectivity index (χ0n) is 26.2. The lowest BCUT2D eigenvalue weighted by Gasteiger charge is -2.59. The lowest BCUT2D eigenvalue weighted by atomic mass is 9.73. The van der Waals surface area contributed by atoms with E-state index < -0.39 is 0 Å². The Morgan fingerprint density at radius 3 is 2.14 bits per heavy atom. The Morgan fingerprint density at radius 2 is 1.51 bits per heavy atom. The van der Waals surface area contributed by atoms with Gasteiger partial charge >= 0.3 is 6.03 Å². The summed E-state index contributed by atoms with van der Waals surface area (Å²) in [6.07, 6.45) is 0.978. The molecule has 2 amide bonds. The molecule has 43 heavy (non-hydrogen) atoms. The van der Waals surface area contributed by atoms with E-state index in [9.17, 15) is 4.79 Å². The van der Waals surface area contributed by atoms with Crippen molar-refractivity contribution in [3.63, 3.8) is 0 Å². The topological polar surface area (TPSA) is 51.3 Å². The summed E-state index contributed by atoms with van der Waals surface area (Å²) in [5.74, 6) is 8.17. The molecule has 5 rings (SSSR count). The Morgan fingerprint density at radius 1 is 0.860 bits per heavy atom. The molecule has 3 aromatic carbocycles. The maximum atomic E-state index is 13.7. The van der Waals surface area contributed by atoms with Gasteiger partial charge in [0.15, 0.2) is 0 Å². The molecule has 226 valence electrons. The molecule has 2 saturated heterocycles. The van der Waals surface area contributed by atoms with Gasteiger partial charge in [-0.25, -0.2) is 4.79 Å². The van der Waals surface area contributed by atoms with Crippen molar-refractivity contribution in [1.82, 2.24) is 19.6 Å². The summed E-state index contributed by atoms with van der Waals surface area (Å²) >= 11 is 0. The normalized spacial score (nSPS) is 22.1. The number of likely N-dealkylation sites (N-methyl/N-ethyl adjacent to an activating group) is 1. The van der Waals surface area contributed by atoms with Gasteiger partial charge in [0.1, 0.15) is 5.75 Å². The number of amides is 2. The van der Waals surface area contributed by atoms with Crippen LogP contribution in [0.1, 0.15) is 29.0 Å². The standard InChI is InChI=1S/C36H45N5O2/c1-38(2)23-29-21-22-40(36(42)37-31-17-19-32(43-5)20-18-31)26-34-35(33(25-39(3)4)41(34)24-29)30-15-13-28(14-16-30)12-11-27-9-7-6-8-10-27/h6-10,13-20,29,33-35H,21-26H2,1-5H3,(H,37,42)/t29?,33-,34+,35+/m1/s1. The molecule has 0 spiro atoms. The number of nitrogens with one attached hydrogen (secondary N) is 1. The van der Waals surface area contributed by atoms with Crippen LogP contribution in [0.3, 0.4) is 0 Å². The first-order chi connectivity index (χ1) is 20.8. The summed E-state index contributed by atoms with van der Waals surface area (Å²) in [6, 6.07) is 27.0. The van der Waals surface area contributed by atoms with Gasteiger partial charge in [0.2, 0.25) is 0 Å². The Kier molecular flexibility index (Phi) is 10.0. The van der Waals surface area contributed by atoms with Gasteiger partial charge in [-0.05, 0) is 94.6 Å². The molecule has 0 aliphatic carbocycles. The van der Waals surface area contributed by atoms with Gasteiger partial charge in [-0.2, -0.15) is 0 Å². The minimum absolute atomic E-state index is 0.0445. The SMILES string of the molecule is COc1ccc(NC(=O)N2CCC(CN(C)C)CN3[C@H](CN(C)C)[C@H](c4ccc(C#Cc5ccccc5)cc4)[C@@H]3C2)cc1. The highest BCUT2D eigenvalue weighted by atomic mass is 16.5. The number of hydrogen-bond donors (Lipinski definition) is 1. The van der Waals surface area contributed by atoms with Crippen LogP contribution in [0.25, 0.3) is 0 Å². The lowest BCUT2D eigenvalue weighted by molar-refractivity contribution is -0.0590. The van der Waals surface area contributed by atoms with Crippen LogP contribution in [-0.2, 0) is 0 Å². The molecule has 1 unspecified atom stereocenters. The minimum atomic E-state index is -0.0445. The van der Waals surface area contributed by atoms with Crippen molar-refractivity contribution in [3.05, 3.63) is 95.6 Å². The van der Waals surface area contributed by atoms with Crippen LogP contribution in [0.5, 0.6) is 5.75 Å². The monoisotopic (exact) mass is 579 g/mol. The molecule has 3 aromatic rings. The lowest BCUT2D eigenvalue weighted by Crippen LogP contribution is -2.70. The number of nitrogens with zero attached hydrogens (tertiary/aromatic N) is 4. The molecular weight excluding hydrogens is 534 g/mol. The number of anilines is 1. The van der Waals surface area contributed by atoms with Crippen LogP contribution < -0.4 is 10.1 Å². The van der Waals surface area contributed by atoms with Gasteiger partial charge in [0, 0.05) is 67.5 Å². The summed E-state index contributed by atoms with van der Waals surface area (Å²) < 4.78 is 5.29. The molecule has 2 heterocycles. The fourth-order valence-electron chi connectivity index (χ4n) is 6.57. The van der Waals surface area contributed by atoms with Gasteiger partial charge < -0.3 is 24.8 Å². The van der Waals surface area contributed by atoms with Gasteiger partial charge in [0.25, 0.3) is 0 Å². The molecule has 4 atom stereocenters. The van der Waals surface area contributed by atoms with Crippen LogP contribution in [0.15, 0.2) is 78.9 Å². The van der Waals surface area contributed by atoms with E-state index in [0.717, 1.165) is 55.2 Å². The largest absolute Gasteiger partial charge is 0.497 e. The molecule has 7 nitrogen and oxygen atoms in total. The summed E-state index contributed by atoms with van der Waals surface area (Å²) in [7, 11) is 10.2. The van der Waals surface area contributed by atoms with E-state index in [-0.39, 0.29) is 12.1 Å².